The molecule has 2 rings (SSSR count). The highest BCUT2D eigenvalue weighted by Gasteiger charge is 2.26. The second-order valence-electron chi connectivity index (χ2n) is 4.81. The van der Waals surface area contributed by atoms with E-state index in [0.29, 0.717) is 12.3 Å². The van der Waals surface area contributed by atoms with Gasteiger partial charge in [-0.05, 0) is 43.4 Å². The zero-order valence-electron chi connectivity index (χ0n) is 10.6. The van der Waals surface area contributed by atoms with Gasteiger partial charge < -0.3 is 10.6 Å². The summed E-state index contributed by atoms with van der Waals surface area (Å²) in [4.78, 5) is 11.6. The molecular formula is C14H19FN2O. The highest BCUT2D eigenvalue weighted by Crippen LogP contribution is 2.22. The largest absolute Gasteiger partial charge is 0.358 e. The van der Waals surface area contributed by atoms with Crippen molar-refractivity contribution >= 4 is 5.91 Å². The molecule has 0 spiro atoms. The minimum Gasteiger partial charge on any atom is -0.358 e. The maximum Gasteiger partial charge on any atom is 0.236 e. The van der Waals surface area contributed by atoms with Crippen molar-refractivity contribution < 1.29 is 9.18 Å². The summed E-state index contributed by atoms with van der Waals surface area (Å²) >= 11 is 0. The number of likely N-dealkylation sites (N-methyl/N-ethyl adjacent to an activating group) is 1. The SMILES string of the molecule is CNC(=O)C1CC(Cc2ccccc2F)CCN1. The molecule has 0 aliphatic carbocycles. The Morgan fingerprint density at radius 2 is 2.28 bits per heavy atom. The van der Waals surface area contributed by atoms with Crippen LogP contribution in [-0.4, -0.2) is 25.5 Å². The van der Waals surface area contributed by atoms with Gasteiger partial charge in [-0.25, -0.2) is 4.39 Å². The van der Waals surface area contributed by atoms with Gasteiger partial charge >= 0.3 is 0 Å². The molecule has 0 aromatic heterocycles. The molecule has 1 amide bonds. The first-order valence-corrected chi connectivity index (χ1v) is 6.39. The molecule has 0 bridgehead atoms. The van der Waals surface area contributed by atoms with E-state index in [1.54, 1.807) is 13.1 Å². The maximum absolute atomic E-state index is 13.6. The van der Waals surface area contributed by atoms with Gasteiger partial charge in [-0.1, -0.05) is 18.2 Å². The lowest BCUT2D eigenvalue weighted by atomic mass is 9.87. The van der Waals surface area contributed by atoms with Crippen LogP contribution < -0.4 is 10.6 Å². The van der Waals surface area contributed by atoms with E-state index in [4.69, 9.17) is 0 Å². The van der Waals surface area contributed by atoms with E-state index in [9.17, 15) is 9.18 Å². The minimum atomic E-state index is -0.146. The van der Waals surface area contributed by atoms with Gasteiger partial charge in [0.05, 0.1) is 6.04 Å². The molecule has 3 nitrogen and oxygen atoms in total. The Hall–Kier alpha value is -1.42. The predicted molar refractivity (Wildman–Crippen MR) is 68.7 cm³/mol. The molecular weight excluding hydrogens is 231 g/mol. The number of carbonyl (C=O) groups is 1. The molecule has 0 radical (unpaired) electrons. The Morgan fingerprint density at radius 1 is 1.50 bits per heavy atom. The number of piperidine rings is 1. The van der Waals surface area contributed by atoms with Crippen LogP contribution in [0.4, 0.5) is 4.39 Å². The fourth-order valence-corrected chi connectivity index (χ4v) is 2.53. The number of rotatable bonds is 3. The van der Waals surface area contributed by atoms with Crippen LogP contribution >= 0.6 is 0 Å². The molecule has 0 saturated carbocycles. The van der Waals surface area contributed by atoms with Crippen molar-refractivity contribution in [3.05, 3.63) is 35.6 Å². The zero-order chi connectivity index (χ0) is 13.0. The Bertz CT molecular complexity index is 422. The molecule has 1 saturated heterocycles. The number of hydrogen-bond donors (Lipinski definition) is 2. The molecule has 1 aliphatic rings. The van der Waals surface area contributed by atoms with E-state index in [2.05, 4.69) is 10.6 Å². The van der Waals surface area contributed by atoms with Gasteiger partial charge in [0.25, 0.3) is 0 Å². The highest BCUT2D eigenvalue weighted by atomic mass is 19.1. The van der Waals surface area contributed by atoms with Crippen molar-refractivity contribution in [1.82, 2.24) is 10.6 Å². The molecule has 1 fully saturated rings. The second kappa shape index (κ2) is 5.96. The van der Waals surface area contributed by atoms with Crippen molar-refractivity contribution in [2.24, 2.45) is 5.92 Å². The smallest absolute Gasteiger partial charge is 0.236 e. The van der Waals surface area contributed by atoms with Crippen LogP contribution in [0.15, 0.2) is 24.3 Å². The van der Waals surface area contributed by atoms with E-state index in [1.807, 2.05) is 12.1 Å². The van der Waals surface area contributed by atoms with Crippen LogP contribution in [-0.2, 0) is 11.2 Å². The van der Waals surface area contributed by atoms with Crippen LogP contribution in [0.5, 0.6) is 0 Å². The first kappa shape index (κ1) is 13.0. The number of carbonyl (C=O) groups excluding carboxylic acids is 1. The normalized spacial score (nSPS) is 23.7. The van der Waals surface area contributed by atoms with Crippen LogP contribution in [0, 0.1) is 11.7 Å². The molecule has 1 aromatic carbocycles. The Morgan fingerprint density at radius 3 is 3.00 bits per heavy atom. The Balaban J connectivity index is 1.98. The van der Waals surface area contributed by atoms with Crippen molar-refractivity contribution in [1.29, 1.82) is 0 Å². The lowest BCUT2D eigenvalue weighted by Gasteiger charge is -2.29. The third-order valence-electron chi connectivity index (χ3n) is 3.54. The maximum atomic E-state index is 13.6. The summed E-state index contributed by atoms with van der Waals surface area (Å²) in [5.41, 5.74) is 0.750. The second-order valence-corrected chi connectivity index (χ2v) is 4.81. The van der Waals surface area contributed by atoms with Gasteiger partial charge in [-0.3, -0.25) is 4.79 Å². The van der Waals surface area contributed by atoms with Gasteiger partial charge in [-0.15, -0.1) is 0 Å². The fourth-order valence-electron chi connectivity index (χ4n) is 2.53. The minimum absolute atomic E-state index is 0.0215. The van der Waals surface area contributed by atoms with E-state index in [1.165, 1.54) is 6.07 Å². The zero-order valence-corrected chi connectivity index (χ0v) is 10.6. The lowest BCUT2D eigenvalue weighted by Crippen LogP contribution is -2.48. The molecule has 1 heterocycles. The third kappa shape index (κ3) is 3.07. The molecule has 4 heteroatoms. The molecule has 2 N–H and O–H groups in total. The first-order chi connectivity index (χ1) is 8.70. The van der Waals surface area contributed by atoms with E-state index in [0.717, 1.165) is 24.9 Å². The molecule has 1 aliphatic heterocycles. The summed E-state index contributed by atoms with van der Waals surface area (Å²) in [6.07, 6.45) is 2.47. The summed E-state index contributed by atoms with van der Waals surface area (Å²) < 4.78 is 13.6. The number of hydrogen-bond acceptors (Lipinski definition) is 2. The number of nitrogens with one attached hydrogen (secondary N) is 2. The highest BCUT2D eigenvalue weighted by molar-refractivity contribution is 5.81. The molecule has 98 valence electrons. The summed E-state index contributed by atoms with van der Waals surface area (Å²) in [6.45, 7) is 0.817. The Labute approximate surface area is 107 Å². The van der Waals surface area contributed by atoms with E-state index >= 15 is 0 Å². The van der Waals surface area contributed by atoms with Crippen molar-refractivity contribution in [2.75, 3.05) is 13.6 Å². The monoisotopic (exact) mass is 250 g/mol. The number of amides is 1. The van der Waals surface area contributed by atoms with Crippen LogP contribution in [0.2, 0.25) is 0 Å². The molecule has 2 unspecified atom stereocenters. The standard InChI is InChI=1S/C14H19FN2O/c1-16-14(18)13-9-10(6-7-17-13)8-11-4-2-3-5-12(11)15/h2-5,10,13,17H,6-9H2,1H3,(H,16,18). The van der Waals surface area contributed by atoms with Gasteiger partial charge in [0.15, 0.2) is 0 Å². The van der Waals surface area contributed by atoms with Crippen LogP contribution in [0.1, 0.15) is 18.4 Å². The lowest BCUT2D eigenvalue weighted by molar-refractivity contribution is -0.123. The summed E-state index contributed by atoms with van der Waals surface area (Å²) in [5.74, 6) is 0.242. The predicted octanol–water partition coefficient (Wildman–Crippen LogP) is 1.48. The van der Waals surface area contributed by atoms with Gasteiger partial charge in [-0.2, -0.15) is 0 Å². The third-order valence-corrected chi connectivity index (χ3v) is 3.54. The fraction of sp³-hybridized carbons (Fsp3) is 0.500. The topological polar surface area (TPSA) is 41.1 Å². The van der Waals surface area contributed by atoms with Gasteiger partial charge in [0, 0.05) is 7.05 Å². The Kier molecular flexibility index (Phi) is 4.31. The van der Waals surface area contributed by atoms with Gasteiger partial charge in [0.2, 0.25) is 5.91 Å². The first-order valence-electron chi connectivity index (χ1n) is 6.39. The van der Waals surface area contributed by atoms with E-state index in [-0.39, 0.29) is 17.8 Å². The number of halogens is 1. The summed E-state index contributed by atoms with van der Waals surface area (Å²) in [7, 11) is 1.64. The van der Waals surface area contributed by atoms with Crippen molar-refractivity contribution in [3.63, 3.8) is 0 Å². The van der Waals surface area contributed by atoms with Crippen LogP contribution in [0.3, 0.4) is 0 Å². The molecule has 18 heavy (non-hydrogen) atoms. The number of benzene rings is 1. The van der Waals surface area contributed by atoms with Gasteiger partial charge in [0.1, 0.15) is 5.82 Å². The average Bonchev–Trinajstić information content (AvgIpc) is 2.41. The van der Waals surface area contributed by atoms with Crippen molar-refractivity contribution in [3.8, 4) is 0 Å². The van der Waals surface area contributed by atoms with E-state index < -0.39 is 0 Å². The average molecular weight is 250 g/mol. The van der Waals surface area contributed by atoms with Crippen molar-refractivity contribution in [2.45, 2.75) is 25.3 Å². The summed E-state index contributed by atoms with van der Waals surface area (Å²) in [5, 5.41) is 5.85. The molecule has 1 aromatic rings. The summed E-state index contributed by atoms with van der Waals surface area (Å²) in [6, 6.07) is 6.74. The quantitative estimate of drug-likeness (QED) is 0.853. The van der Waals surface area contributed by atoms with Crippen LogP contribution in [0.25, 0.3) is 0 Å². The molecule has 2 atom stereocenters.